The molecule has 0 bridgehead atoms. The number of halogens is 3. The quantitative estimate of drug-likeness (QED) is 0.871. The number of aromatic nitrogens is 2. The minimum absolute atomic E-state index is 0.205. The van der Waals surface area contributed by atoms with Gasteiger partial charge in [-0.05, 0) is 13.6 Å². The summed E-state index contributed by atoms with van der Waals surface area (Å²) in [6.45, 7) is 4.20. The molecule has 0 aliphatic carbocycles. The third-order valence-electron chi connectivity index (χ3n) is 1.99. The molecule has 0 fully saturated rings. The molecule has 0 saturated heterocycles. The van der Waals surface area contributed by atoms with Crippen LogP contribution in [-0.4, -0.2) is 40.9 Å². The number of alkyl halides is 3. The number of hydrogen-bond acceptors (Lipinski definition) is 5. The van der Waals surface area contributed by atoms with Crippen molar-refractivity contribution in [2.45, 2.75) is 13.1 Å². The van der Waals surface area contributed by atoms with Crippen LogP contribution in [0.5, 0.6) is 0 Å². The average Bonchev–Trinajstić information content (AvgIpc) is 2.65. The highest BCUT2D eigenvalue weighted by Gasteiger charge is 2.36. The molecule has 1 heterocycles. The third-order valence-corrected chi connectivity index (χ3v) is 2.66. The maximum atomic E-state index is 12.2. The fourth-order valence-electron chi connectivity index (χ4n) is 0.922. The first-order valence-corrected chi connectivity index (χ1v) is 5.54. The topological polar surface area (TPSA) is 41.0 Å². The Morgan fingerprint density at radius 1 is 1.44 bits per heavy atom. The van der Waals surface area contributed by atoms with Gasteiger partial charge in [0.15, 0.2) is 0 Å². The Morgan fingerprint density at radius 3 is 2.62 bits per heavy atom. The van der Waals surface area contributed by atoms with Crippen LogP contribution in [0.2, 0.25) is 0 Å². The first kappa shape index (κ1) is 13.2. The van der Waals surface area contributed by atoms with E-state index in [1.54, 1.807) is 0 Å². The Labute approximate surface area is 95.6 Å². The lowest BCUT2D eigenvalue weighted by atomic mass is 10.5. The lowest BCUT2D eigenvalue weighted by Gasteiger charge is -2.13. The number of rotatable bonds is 5. The van der Waals surface area contributed by atoms with Crippen LogP contribution < -0.4 is 5.32 Å². The third kappa shape index (κ3) is 3.93. The molecule has 0 spiro atoms. The zero-order chi connectivity index (χ0) is 12.2. The van der Waals surface area contributed by atoms with Gasteiger partial charge in [-0.15, -0.1) is 0 Å². The predicted molar refractivity (Wildman–Crippen MR) is 56.6 cm³/mol. The maximum Gasteiger partial charge on any atom is 0.452 e. The van der Waals surface area contributed by atoms with Crippen LogP contribution in [0.1, 0.15) is 12.7 Å². The van der Waals surface area contributed by atoms with Crippen LogP contribution in [0.4, 0.5) is 18.3 Å². The standard InChI is InChI=1S/C8H13F3N4S/c1-3-15(2)5-4-12-7-13-6(14-16-7)8(9,10)11/h3-5H2,1-2H3,(H,12,13,14). The molecule has 0 atom stereocenters. The summed E-state index contributed by atoms with van der Waals surface area (Å²) in [7, 11) is 1.93. The number of nitrogens with zero attached hydrogens (tertiary/aromatic N) is 3. The molecule has 0 radical (unpaired) electrons. The maximum absolute atomic E-state index is 12.2. The van der Waals surface area contributed by atoms with Crippen molar-refractivity contribution < 1.29 is 13.2 Å². The molecule has 8 heteroatoms. The van der Waals surface area contributed by atoms with E-state index < -0.39 is 12.0 Å². The molecule has 0 unspecified atom stereocenters. The monoisotopic (exact) mass is 254 g/mol. The molecule has 0 amide bonds. The minimum atomic E-state index is -4.46. The van der Waals surface area contributed by atoms with Gasteiger partial charge in [0, 0.05) is 24.6 Å². The molecule has 1 N–H and O–H groups in total. The van der Waals surface area contributed by atoms with Crippen LogP contribution in [0.15, 0.2) is 0 Å². The first-order valence-electron chi connectivity index (χ1n) is 4.76. The Bertz CT molecular complexity index is 325. The molecular formula is C8H13F3N4S. The van der Waals surface area contributed by atoms with Crippen molar-refractivity contribution in [3.63, 3.8) is 0 Å². The number of nitrogens with one attached hydrogen (secondary N) is 1. The largest absolute Gasteiger partial charge is 0.452 e. The number of anilines is 1. The summed E-state index contributed by atoms with van der Waals surface area (Å²) in [6.07, 6.45) is -4.46. The highest BCUT2D eigenvalue weighted by molar-refractivity contribution is 7.09. The number of hydrogen-bond donors (Lipinski definition) is 1. The van der Waals surface area contributed by atoms with Crippen LogP contribution in [0, 0.1) is 0 Å². The molecule has 0 aliphatic rings. The summed E-state index contributed by atoms with van der Waals surface area (Å²) in [4.78, 5) is 5.40. The smallest absolute Gasteiger partial charge is 0.359 e. The van der Waals surface area contributed by atoms with Crippen molar-refractivity contribution in [3.05, 3.63) is 5.82 Å². The van der Waals surface area contributed by atoms with Gasteiger partial charge in [-0.2, -0.15) is 22.5 Å². The fraction of sp³-hybridized carbons (Fsp3) is 0.750. The summed E-state index contributed by atoms with van der Waals surface area (Å²) in [6, 6.07) is 0. The fourth-order valence-corrected chi connectivity index (χ4v) is 1.53. The van der Waals surface area contributed by atoms with Crippen molar-refractivity contribution >= 4 is 16.7 Å². The molecule has 16 heavy (non-hydrogen) atoms. The van der Waals surface area contributed by atoms with Gasteiger partial charge in [0.05, 0.1) is 0 Å². The predicted octanol–water partition coefficient (Wildman–Crippen LogP) is 1.92. The van der Waals surface area contributed by atoms with E-state index >= 15 is 0 Å². The van der Waals surface area contributed by atoms with E-state index in [4.69, 9.17) is 0 Å². The van der Waals surface area contributed by atoms with E-state index in [1.165, 1.54) is 0 Å². The van der Waals surface area contributed by atoms with Crippen molar-refractivity contribution in [1.82, 2.24) is 14.3 Å². The second-order valence-corrected chi connectivity index (χ2v) is 4.00. The number of likely N-dealkylation sites (N-methyl/N-ethyl adjacent to an activating group) is 1. The average molecular weight is 254 g/mol. The van der Waals surface area contributed by atoms with E-state index in [0.717, 1.165) is 24.6 Å². The van der Waals surface area contributed by atoms with Crippen LogP contribution >= 0.6 is 11.5 Å². The molecule has 0 aliphatic heterocycles. The van der Waals surface area contributed by atoms with Gasteiger partial charge in [-0.1, -0.05) is 6.92 Å². The summed E-state index contributed by atoms with van der Waals surface area (Å²) >= 11 is 0.725. The lowest BCUT2D eigenvalue weighted by molar-refractivity contribution is -0.144. The highest BCUT2D eigenvalue weighted by Crippen LogP contribution is 2.28. The molecular weight excluding hydrogens is 241 g/mol. The molecule has 0 aromatic carbocycles. The summed E-state index contributed by atoms with van der Waals surface area (Å²) in [5, 5.41) is 3.01. The van der Waals surface area contributed by atoms with Gasteiger partial charge in [0.25, 0.3) is 0 Å². The molecule has 1 rings (SSSR count). The van der Waals surface area contributed by atoms with Gasteiger partial charge >= 0.3 is 6.18 Å². The van der Waals surface area contributed by atoms with Crippen molar-refractivity contribution in [1.29, 1.82) is 0 Å². The van der Waals surface area contributed by atoms with Crippen molar-refractivity contribution in [3.8, 4) is 0 Å². The first-order chi connectivity index (χ1) is 7.43. The van der Waals surface area contributed by atoms with Crippen molar-refractivity contribution in [2.75, 3.05) is 32.0 Å². The minimum Gasteiger partial charge on any atom is -0.359 e. The van der Waals surface area contributed by atoms with Gasteiger partial charge in [-0.3, -0.25) is 0 Å². The van der Waals surface area contributed by atoms with E-state index in [-0.39, 0.29) is 5.13 Å². The zero-order valence-electron chi connectivity index (χ0n) is 9.01. The Morgan fingerprint density at radius 2 is 2.12 bits per heavy atom. The zero-order valence-corrected chi connectivity index (χ0v) is 9.82. The molecule has 92 valence electrons. The van der Waals surface area contributed by atoms with E-state index in [0.29, 0.717) is 6.54 Å². The normalized spacial score (nSPS) is 12.1. The van der Waals surface area contributed by atoms with Crippen molar-refractivity contribution in [2.24, 2.45) is 0 Å². The van der Waals surface area contributed by atoms with Gasteiger partial charge in [-0.25, -0.2) is 0 Å². The van der Waals surface area contributed by atoms with Gasteiger partial charge in [0.1, 0.15) is 0 Å². The van der Waals surface area contributed by atoms with E-state index in [9.17, 15) is 13.2 Å². The molecule has 1 aromatic rings. The molecule has 1 aromatic heterocycles. The summed E-state index contributed by atoms with van der Waals surface area (Å²) < 4.78 is 39.7. The summed E-state index contributed by atoms with van der Waals surface area (Å²) in [5.74, 6) is -1.08. The molecule has 0 saturated carbocycles. The lowest BCUT2D eigenvalue weighted by Crippen LogP contribution is -2.24. The highest BCUT2D eigenvalue weighted by atomic mass is 32.1. The Kier molecular flexibility index (Phi) is 4.48. The van der Waals surface area contributed by atoms with Crippen LogP contribution in [0.25, 0.3) is 0 Å². The summed E-state index contributed by atoms with van der Waals surface area (Å²) in [5.41, 5.74) is 0. The Balaban J connectivity index is 2.41. The van der Waals surface area contributed by atoms with E-state index in [1.807, 2.05) is 18.9 Å². The molecule has 4 nitrogen and oxygen atoms in total. The second-order valence-electron chi connectivity index (χ2n) is 3.24. The van der Waals surface area contributed by atoms with Gasteiger partial charge in [0.2, 0.25) is 11.0 Å². The Hall–Kier alpha value is -0.890. The van der Waals surface area contributed by atoms with Gasteiger partial charge < -0.3 is 10.2 Å². The SMILES string of the molecule is CCN(C)CCNc1nc(C(F)(F)F)ns1. The second kappa shape index (κ2) is 5.44. The van der Waals surface area contributed by atoms with E-state index in [2.05, 4.69) is 14.7 Å². The van der Waals surface area contributed by atoms with Crippen LogP contribution in [0.3, 0.4) is 0 Å². The van der Waals surface area contributed by atoms with Crippen LogP contribution in [-0.2, 0) is 6.18 Å².